The third-order valence-electron chi connectivity index (χ3n) is 4.76. The zero-order chi connectivity index (χ0) is 13.1. The Morgan fingerprint density at radius 3 is 2.74 bits per heavy atom. The number of carbonyl (C=O) groups excluding carboxylic acids is 1. The minimum atomic E-state index is -0.0773. The standard InChI is InChI=1S/C14H24N2O2S/c17-13-1-8-18-14(11-15-13)4-6-16(7-5-14)12-2-9-19-10-3-12/h12H,1-11H2,(H,15,17). The highest BCUT2D eigenvalue weighted by molar-refractivity contribution is 7.99. The van der Waals surface area contributed by atoms with Crippen LogP contribution < -0.4 is 5.32 Å². The maximum Gasteiger partial charge on any atom is 0.222 e. The Morgan fingerprint density at radius 2 is 2.00 bits per heavy atom. The van der Waals surface area contributed by atoms with Crippen molar-refractivity contribution in [1.29, 1.82) is 0 Å². The van der Waals surface area contributed by atoms with E-state index < -0.39 is 0 Å². The van der Waals surface area contributed by atoms with Crippen LogP contribution in [0.15, 0.2) is 0 Å². The number of thioether (sulfide) groups is 1. The van der Waals surface area contributed by atoms with Gasteiger partial charge in [0.05, 0.1) is 12.2 Å². The maximum atomic E-state index is 11.4. The fraction of sp³-hybridized carbons (Fsp3) is 0.929. The Labute approximate surface area is 119 Å². The number of rotatable bonds is 1. The van der Waals surface area contributed by atoms with Gasteiger partial charge in [0.15, 0.2) is 0 Å². The van der Waals surface area contributed by atoms with Gasteiger partial charge in [0.2, 0.25) is 5.91 Å². The number of ether oxygens (including phenoxy) is 1. The number of nitrogens with one attached hydrogen (secondary N) is 1. The van der Waals surface area contributed by atoms with E-state index in [2.05, 4.69) is 22.0 Å². The Bertz CT molecular complexity index is 323. The van der Waals surface area contributed by atoms with Gasteiger partial charge in [-0.05, 0) is 37.2 Å². The van der Waals surface area contributed by atoms with E-state index in [9.17, 15) is 4.79 Å². The number of piperidine rings is 1. The van der Waals surface area contributed by atoms with Crippen LogP contribution in [-0.2, 0) is 9.53 Å². The first-order valence-electron chi connectivity index (χ1n) is 7.50. The predicted octanol–water partition coefficient (Wildman–Crippen LogP) is 1.25. The fourth-order valence-corrected chi connectivity index (χ4v) is 4.51. The molecule has 0 radical (unpaired) electrons. The van der Waals surface area contributed by atoms with Gasteiger partial charge in [0.1, 0.15) is 0 Å². The summed E-state index contributed by atoms with van der Waals surface area (Å²) in [6.07, 6.45) is 5.34. The normalized spacial score (nSPS) is 30.0. The van der Waals surface area contributed by atoms with Gasteiger partial charge in [0.25, 0.3) is 0 Å². The van der Waals surface area contributed by atoms with Crippen molar-refractivity contribution in [2.45, 2.75) is 43.7 Å². The first-order valence-corrected chi connectivity index (χ1v) is 8.65. The van der Waals surface area contributed by atoms with E-state index in [1.165, 1.54) is 24.3 Å². The molecule has 1 amide bonds. The second kappa shape index (κ2) is 6.02. The largest absolute Gasteiger partial charge is 0.373 e. The Balaban J connectivity index is 1.54. The Kier molecular flexibility index (Phi) is 4.34. The van der Waals surface area contributed by atoms with Gasteiger partial charge < -0.3 is 15.0 Å². The molecule has 0 aromatic heterocycles. The van der Waals surface area contributed by atoms with Crippen molar-refractivity contribution in [3.8, 4) is 0 Å². The molecular weight excluding hydrogens is 260 g/mol. The molecule has 0 unspecified atom stereocenters. The van der Waals surface area contributed by atoms with Crippen LogP contribution in [0.1, 0.15) is 32.1 Å². The molecule has 0 atom stereocenters. The summed E-state index contributed by atoms with van der Waals surface area (Å²) in [6.45, 7) is 3.56. The number of carbonyl (C=O) groups is 1. The molecule has 0 aromatic carbocycles. The maximum absolute atomic E-state index is 11.4. The van der Waals surface area contributed by atoms with Crippen LogP contribution in [0.5, 0.6) is 0 Å². The van der Waals surface area contributed by atoms with Crippen LogP contribution in [0.4, 0.5) is 0 Å². The summed E-state index contributed by atoms with van der Waals surface area (Å²) in [4.78, 5) is 14.1. The van der Waals surface area contributed by atoms with Crippen LogP contribution >= 0.6 is 11.8 Å². The van der Waals surface area contributed by atoms with Crippen LogP contribution in [-0.4, -0.2) is 60.2 Å². The molecule has 1 N–H and O–H groups in total. The number of nitrogens with zero attached hydrogens (tertiary/aromatic N) is 1. The Morgan fingerprint density at radius 1 is 1.26 bits per heavy atom. The molecule has 0 bridgehead atoms. The lowest BCUT2D eigenvalue weighted by atomic mass is 9.89. The Hall–Kier alpha value is -0.260. The van der Waals surface area contributed by atoms with Crippen molar-refractivity contribution in [2.75, 3.05) is 37.7 Å². The van der Waals surface area contributed by atoms with Gasteiger partial charge in [-0.25, -0.2) is 0 Å². The predicted molar refractivity (Wildman–Crippen MR) is 77.5 cm³/mol. The van der Waals surface area contributed by atoms with Crippen LogP contribution in [0.2, 0.25) is 0 Å². The van der Waals surface area contributed by atoms with Crippen LogP contribution in [0, 0.1) is 0 Å². The lowest BCUT2D eigenvalue weighted by molar-refractivity contribution is -0.120. The number of likely N-dealkylation sites (tertiary alicyclic amines) is 1. The molecule has 0 aliphatic carbocycles. The summed E-state index contributed by atoms with van der Waals surface area (Å²) < 4.78 is 6.02. The van der Waals surface area contributed by atoms with Gasteiger partial charge >= 0.3 is 0 Å². The molecule has 3 saturated heterocycles. The van der Waals surface area contributed by atoms with E-state index in [0.717, 1.165) is 32.0 Å². The minimum absolute atomic E-state index is 0.0773. The van der Waals surface area contributed by atoms with E-state index in [1.54, 1.807) is 0 Å². The molecule has 3 heterocycles. The van der Waals surface area contributed by atoms with Crippen molar-refractivity contribution in [3.63, 3.8) is 0 Å². The van der Waals surface area contributed by atoms with E-state index in [1.807, 2.05) is 0 Å². The van der Waals surface area contributed by atoms with Crippen LogP contribution in [0.3, 0.4) is 0 Å². The molecule has 3 rings (SSSR count). The van der Waals surface area contributed by atoms with Crippen molar-refractivity contribution in [1.82, 2.24) is 10.2 Å². The van der Waals surface area contributed by atoms with E-state index in [0.29, 0.717) is 19.6 Å². The molecule has 0 aromatic rings. The molecule has 1 spiro atoms. The fourth-order valence-electron chi connectivity index (χ4n) is 3.43. The van der Waals surface area contributed by atoms with Gasteiger partial charge in [0, 0.05) is 32.1 Å². The van der Waals surface area contributed by atoms with Gasteiger partial charge in [-0.15, -0.1) is 0 Å². The van der Waals surface area contributed by atoms with Crippen molar-refractivity contribution in [3.05, 3.63) is 0 Å². The first kappa shape index (κ1) is 13.7. The molecule has 108 valence electrons. The summed E-state index contributed by atoms with van der Waals surface area (Å²) in [5, 5.41) is 3.01. The molecule has 4 nitrogen and oxygen atoms in total. The molecule has 3 aliphatic rings. The summed E-state index contributed by atoms with van der Waals surface area (Å²) in [5.74, 6) is 2.78. The minimum Gasteiger partial charge on any atom is -0.373 e. The highest BCUT2D eigenvalue weighted by atomic mass is 32.2. The number of hydrogen-bond donors (Lipinski definition) is 1. The van der Waals surface area contributed by atoms with Crippen LogP contribution in [0.25, 0.3) is 0 Å². The summed E-state index contributed by atoms with van der Waals surface area (Å²) in [6, 6.07) is 0.791. The third-order valence-corrected chi connectivity index (χ3v) is 5.81. The zero-order valence-electron chi connectivity index (χ0n) is 11.5. The van der Waals surface area contributed by atoms with Gasteiger partial charge in [-0.3, -0.25) is 4.79 Å². The highest BCUT2D eigenvalue weighted by Gasteiger charge is 2.39. The van der Waals surface area contributed by atoms with E-state index in [-0.39, 0.29) is 11.5 Å². The molecular formula is C14H24N2O2S. The quantitative estimate of drug-likeness (QED) is 0.787. The second-order valence-electron chi connectivity index (χ2n) is 5.94. The molecule has 3 aliphatic heterocycles. The number of hydrogen-bond acceptors (Lipinski definition) is 4. The van der Waals surface area contributed by atoms with Gasteiger partial charge in [-0.2, -0.15) is 11.8 Å². The van der Waals surface area contributed by atoms with E-state index in [4.69, 9.17) is 4.74 Å². The average Bonchev–Trinajstić information content (AvgIpc) is 2.64. The lowest BCUT2D eigenvalue weighted by Crippen LogP contribution is -2.53. The van der Waals surface area contributed by atoms with Crippen molar-refractivity contribution >= 4 is 17.7 Å². The molecule has 19 heavy (non-hydrogen) atoms. The molecule has 0 saturated carbocycles. The highest BCUT2D eigenvalue weighted by Crippen LogP contribution is 2.31. The second-order valence-corrected chi connectivity index (χ2v) is 7.16. The molecule has 3 fully saturated rings. The summed E-state index contributed by atoms with van der Waals surface area (Å²) >= 11 is 2.09. The lowest BCUT2D eigenvalue weighted by Gasteiger charge is -2.44. The van der Waals surface area contributed by atoms with E-state index >= 15 is 0 Å². The number of amides is 1. The smallest absolute Gasteiger partial charge is 0.222 e. The van der Waals surface area contributed by atoms with Crippen molar-refractivity contribution < 1.29 is 9.53 Å². The van der Waals surface area contributed by atoms with Gasteiger partial charge in [-0.1, -0.05) is 0 Å². The zero-order valence-corrected chi connectivity index (χ0v) is 12.3. The monoisotopic (exact) mass is 284 g/mol. The third kappa shape index (κ3) is 3.26. The molecule has 5 heteroatoms. The SMILES string of the molecule is O=C1CCOC2(CCN(C3CCSCC3)CC2)CN1. The summed E-state index contributed by atoms with van der Waals surface area (Å²) in [7, 11) is 0. The topological polar surface area (TPSA) is 41.6 Å². The summed E-state index contributed by atoms with van der Waals surface area (Å²) in [5.41, 5.74) is -0.0773. The average molecular weight is 284 g/mol. The first-order chi connectivity index (χ1) is 9.27. The van der Waals surface area contributed by atoms with Crippen molar-refractivity contribution in [2.24, 2.45) is 0 Å².